The minimum atomic E-state index is -3.29. The summed E-state index contributed by atoms with van der Waals surface area (Å²) in [5.41, 5.74) is 2.04. The SMILES string of the molecule is CC(NC(=O)c1ccc(S(C)(=O)=O)cc1)c1ccc(NC(=O)C2CC2)cc1. The predicted molar refractivity (Wildman–Crippen MR) is 103 cm³/mol. The van der Waals surface area contributed by atoms with Crippen molar-refractivity contribution in [1.82, 2.24) is 5.32 Å². The summed E-state index contributed by atoms with van der Waals surface area (Å²) < 4.78 is 23.0. The zero-order valence-electron chi connectivity index (χ0n) is 15.2. The molecule has 27 heavy (non-hydrogen) atoms. The third-order valence-corrected chi connectivity index (χ3v) is 5.65. The number of carbonyl (C=O) groups is 2. The first-order valence-electron chi connectivity index (χ1n) is 8.76. The average Bonchev–Trinajstić information content (AvgIpc) is 3.47. The molecule has 2 aromatic carbocycles. The number of hydrogen-bond acceptors (Lipinski definition) is 4. The van der Waals surface area contributed by atoms with Crippen LogP contribution in [0, 0.1) is 5.92 Å². The summed E-state index contributed by atoms with van der Waals surface area (Å²) in [4.78, 5) is 24.3. The lowest BCUT2D eigenvalue weighted by Crippen LogP contribution is -2.26. The number of benzene rings is 2. The van der Waals surface area contributed by atoms with Crippen molar-refractivity contribution < 1.29 is 18.0 Å². The van der Waals surface area contributed by atoms with Gasteiger partial charge in [-0.05, 0) is 61.7 Å². The standard InChI is InChI=1S/C20H22N2O4S/c1-13(14-5-9-17(10-6-14)22-20(24)15-3-4-15)21-19(23)16-7-11-18(12-8-16)27(2,25)26/h5-13,15H,3-4H2,1-2H3,(H,21,23)(H,22,24). The van der Waals surface area contributed by atoms with Crippen molar-refractivity contribution in [2.24, 2.45) is 5.92 Å². The molecule has 2 amide bonds. The minimum Gasteiger partial charge on any atom is -0.346 e. The van der Waals surface area contributed by atoms with Crippen LogP contribution in [-0.2, 0) is 14.6 Å². The monoisotopic (exact) mass is 386 g/mol. The van der Waals surface area contributed by atoms with Crippen LogP contribution in [0.1, 0.15) is 41.7 Å². The molecule has 1 unspecified atom stereocenters. The van der Waals surface area contributed by atoms with Gasteiger partial charge in [0.25, 0.3) is 5.91 Å². The number of anilines is 1. The summed E-state index contributed by atoms with van der Waals surface area (Å²) in [6.07, 6.45) is 3.04. The molecule has 1 aliphatic carbocycles. The molecule has 142 valence electrons. The Kier molecular flexibility index (Phi) is 5.32. The van der Waals surface area contributed by atoms with E-state index in [4.69, 9.17) is 0 Å². The van der Waals surface area contributed by atoms with E-state index >= 15 is 0 Å². The molecular formula is C20H22N2O4S. The van der Waals surface area contributed by atoms with Crippen molar-refractivity contribution in [3.8, 4) is 0 Å². The van der Waals surface area contributed by atoms with Gasteiger partial charge in [0.2, 0.25) is 5.91 Å². The molecule has 1 fully saturated rings. The van der Waals surface area contributed by atoms with Crippen LogP contribution in [0.2, 0.25) is 0 Å². The molecule has 0 radical (unpaired) electrons. The molecule has 0 saturated heterocycles. The molecular weight excluding hydrogens is 364 g/mol. The van der Waals surface area contributed by atoms with E-state index in [9.17, 15) is 18.0 Å². The molecule has 3 rings (SSSR count). The van der Waals surface area contributed by atoms with Crippen LogP contribution < -0.4 is 10.6 Å². The Bertz CT molecular complexity index is 946. The van der Waals surface area contributed by atoms with Gasteiger partial charge in [-0.2, -0.15) is 0 Å². The molecule has 2 N–H and O–H groups in total. The summed E-state index contributed by atoms with van der Waals surface area (Å²) in [6.45, 7) is 1.86. The molecule has 0 aliphatic heterocycles. The van der Waals surface area contributed by atoms with Gasteiger partial charge in [0.15, 0.2) is 9.84 Å². The number of rotatable bonds is 6. The smallest absolute Gasteiger partial charge is 0.251 e. The molecule has 1 atom stereocenters. The number of hydrogen-bond donors (Lipinski definition) is 2. The molecule has 0 spiro atoms. The largest absolute Gasteiger partial charge is 0.346 e. The van der Waals surface area contributed by atoms with E-state index < -0.39 is 9.84 Å². The first-order valence-corrected chi connectivity index (χ1v) is 10.6. The second-order valence-electron chi connectivity index (χ2n) is 6.88. The maximum absolute atomic E-state index is 12.4. The fourth-order valence-corrected chi connectivity index (χ4v) is 3.29. The van der Waals surface area contributed by atoms with E-state index in [1.54, 1.807) is 0 Å². The van der Waals surface area contributed by atoms with Gasteiger partial charge in [0.1, 0.15) is 0 Å². The van der Waals surface area contributed by atoms with E-state index in [0.29, 0.717) is 5.56 Å². The van der Waals surface area contributed by atoms with Crippen molar-refractivity contribution in [2.45, 2.75) is 30.7 Å². The Morgan fingerprint density at radius 2 is 1.59 bits per heavy atom. The Balaban J connectivity index is 1.61. The Hall–Kier alpha value is -2.67. The van der Waals surface area contributed by atoms with Crippen molar-refractivity contribution in [3.63, 3.8) is 0 Å². The summed E-state index contributed by atoms with van der Waals surface area (Å²) in [5, 5.41) is 5.76. The lowest BCUT2D eigenvalue weighted by atomic mass is 10.1. The third kappa shape index (κ3) is 4.95. The molecule has 6 nitrogen and oxygen atoms in total. The first-order chi connectivity index (χ1) is 12.7. The maximum Gasteiger partial charge on any atom is 0.251 e. The zero-order chi connectivity index (χ0) is 19.6. The lowest BCUT2D eigenvalue weighted by molar-refractivity contribution is -0.117. The van der Waals surface area contributed by atoms with Crippen LogP contribution >= 0.6 is 0 Å². The molecule has 7 heteroatoms. The van der Waals surface area contributed by atoms with Crippen molar-refractivity contribution in [2.75, 3.05) is 11.6 Å². The topological polar surface area (TPSA) is 92.3 Å². The average molecular weight is 386 g/mol. The highest BCUT2D eigenvalue weighted by atomic mass is 32.2. The summed E-state index contributed by atoms with van der Waals surface area (Å²) >= 11 is 0. The Morgan fingerprint density at radius 1 is 1.00 bits per heavy atom. The van der Waals surface area contributed by atoms with Gasteiger partial charge < -0.3 is 10.6 Å². The van der Waals surface area contributed by atoms with Gasteiger partial charge in [0, 0.05) is 23.4 Å². The normalized spacial score (nSPS) is 15.0. The van der Waals surface area contributed by atoms with Gasteiger partial charge in [-0.3, -0.25) is 9.59 Å². The predicted octanol–water partition coefficient (Wildman–Crippen LogP) is 2.93. The fourth-order valence-electron chi connectivity index (χ4n) is 2.66. The van der Waals surface area contributed by atoms with Crippen LogP contribution in [0.3, 0.4) is 0 Å². The van der Waals surface area contributed by atoms with E-state index in [-0.39, 0.29) is 28.7 Å². The number of amides is 2. The van der Waals surface area contributed by atoms with Crippen LogP contribution in [0.5, 0.6) is 0 Å². The molecule has 2 aromatic rings. The lowest BCUT2D eigenvalue weighted by Gasteiger charge is -2.15. The third-order valence-electron chi connectivity index (χ3n) is 4.52. The van der Waals surface area contributed by atoms with E-state index in [1.807, 2.05) is 31.2 Å². The van der Waals surface area contributed by atoms with Gasteiger partial charge in [-0.15, -0.1) is 0 Å². The van der Waals surface area contributed by atoms with Gasteiger partial charge in [0.05, 0.1) is 10.9 Å². The van der Waals surface area contributed by atoms with E-state index in [0.717, 1.165) is 30.3 Å². The van der Waals surface area contributed by atoms with Crippen molar-refractivity contribution in [1.29, 1.82) is 0 Å². The van der Waals surface area contributed by atoms with Crippen LogP contribution in [0.25, 0.3) is 0 Å². The van der Waals surface area contributed by atoms with Gasteiger partial charge >= 0.3 is 0 Å². The van der Waals surface area contributed by atoms with Crippen molar-refractivity contribution >= 4 is 27.3 Å². The summed E-state index contributed by atoms with van der Waals surface area (Å²) in [6, 6.07) is 13.0. The first kappa shape index (κ1) is 19.1. The highest BCUT2D eigenvalue weighted by molar-refractivity contribution is 7.90. The fraction of sp³-hybridized carbons (Fsp3) is 0.300. The Labute approximate surface area is 158 Å². The van der Waals surface area contributed by atoms with Gasteiger partial charge in [-0.25, -0.2) is 8.42 Å². The van der Waals surface area contributed by atoms with E-state index in [2.05, 4.69) is 10.6 Å². The molecule has 0 heterocycles. The second-order valence-corrected chi connectivity index (χ2v) is 8.89. The van der Waals surface area contributed by atoms with Crippen LogP contribution in [0.4, 0.5) is 5.69 Å². The molecule has 1 saturated carbocycles. The van der Waals surface area contributed by atoms with E-state index in [1.165, 1.54) is 24.3 Å². The zero-order valence-corrected chi connectivity index (χ0v) is 16.0. The Morgan fingerprint density at radius 3 is 2.11 bits per heavy atom. The molecule has 0 bridgehead atoms. The highest BCUT2D eigenvalue weighted by Crippen LogP contribution is 2.30. The summed E-state index contributed by atoms with van der Waals surface area (Å²) in [5.74, 6) is -0.0766. The maximum atomic E-state index is 12.4. The minimum absolute atomic E-state index is 0.0571. The second kappa shape index (κ2) is 7.52. The number of nitrogens with one attached hydrogen (secondary N) is 2. The van der Waals surface area contributed by atoms with Crippen LogP contribution in [-0.4, -0.2) is 26.5 Å². The number of sulfone groups is 1. The van der Waals surface area contributed by atoms with Crippen LogP contribution in [0.15, 0.2) is 53.4 Å². The highest BCUT2D eigenvalue weighted by Gasteiger charge is 2.29. The molecule has 0 aromatic heterocycles. The van der Waals surface area contributed by atoms with Gasteiger partial charge in [-0.1, -0.05) is 12.1 Å². The van der Waals surface area contributed by atoms with Crippen molar-refractivity contribution in [3.05, 3.63) is 59.7 Å². The molecule has 1 aliphatic rings. The quantitative estimate of drug-likeness (QED) is 0.798. The number of carbonyl (C=O) groups excluding carboxylic acids is 2. The summed E-state index contributed by atoms with van der Waals surface area (Å²) in [7, 11) is -3.29.